The van der Waals surface area contributed by atoms with E-state index in [1.165, 1.54) is 0 Å². The van der Waals surface area contributed by atoms with Crippen molar-refractivity contribution in [3.63, 3.8) is 0 Å². The van der Waals surface area contributed by atoms with Crippen LogP contribution in [0, 0.1) is 0 Å². The lowest BCUT2D eigenvalue weighted by molar-refractivity contribution is -0.149. The number of nitrogens with two attached hydrogens (primary N) is 1. The average molecular weight is 251 g/mol. The van der Waals surface area contributed by atoms with E-state index in [1.54, 1.807) is 6.92 Å². The van der Waals surface area contributed by atoms with Crippen LogP contribution in [0.25, 0.3) is 0 Å². The maximum absolute atomic E-state index is 11.2. The summed E-state index contributed by atoms with van der Waals surface area (Å²) in [6.45, 7) is 2.16. The molecule has 0 aromatic heterocycles. The summed E-state index contributed by atoms with van der Waals surface area (Å²) >= 11 is 0. The van der Waals surface area contributed by atoms with Crippen molar-refractivity contribution >= 4 is 5.97 Å². The summed E-state index contributed by atoms with van der Waals surface area (Å²) in [6.07, 6.45) is -0.622. The lowest BCUT2D eigenvalue weighted by atomic mass is 10.2. The third kappa shape index (κ3) is 3.29. The first-order chi connectivity index (χ1) is 8.66. The van der Waals surface area contributed by atoms with Crippen molar-refractivity contribution < 1.29 is 19.0 Å². The summed E-state index contributed by atoms with van der Waals surface area (Å²) in [5, 5.41) is 0. The van der Waals surface area contributed by atoms with Gasteiger partial charge >= 0.3 is 5.97 Å². The predicted molar refractivity (Wildman–Crippen MR) is 64.6 cm³/mol. The van der Waals surface area contributed by atoms with Gasteiger partial charge in [-0.3, -0.25) is 4.79 Å². The largest absolute Gasteiger partial charge is 0.462 e. The minimum Gasteiger partial charge on any atom is -0.462 e. The molecule has 2 N–H and O–H groups in total. The van der Waals surface area contributed by atoms with E-state index in [4.69, 9.17) is 19.9 Å². The first kappa shape index (κ1) is 13.0. The lowest BCUT2D eigenvalue weighted by Gasteiger charge is -2.12. The lowest BCUT2D eigenvalue weighted by Crippen LogP contribution is -2.31. The quantitative estimate of drug-likeness (QED) is 0.808. The van der Waals surface area contributed by atoms with Gasteiger partial charge in [0.2, 0.25) is 0 Å². The van der Waals surface area contributed by atoms with Gasteiger partial charge < -0.3 is 19.9 Å². The van der Waals surface area contributed by atoms with Gasteiger partial charge in [0.25, 0.3) is 0 Å². The molecule has 0 saturated carbocycles. The molecule has 1 saturated heterocycles. The highest BCUT2D eigenvalue weighted by atomic mass is 16.7. The van der Waals surface area contributed by atoms with E-state index >= 15 is 0 Å². The molecule has 0 aliphatic carbocycles. The number of carbonyl (C=O) groups excluding carboxylic acids is 1. The van der Waals surface area contributed by atoms with Gasteiger partial charge in [-0.25, -0.2) is 0 Å². The summed E-state index contributed by atoms with van der Waals surface area (Å²) in [7, 11) is 0. The Labute approximate surface area is 106 Å². The Morgan fingerprint density at radius 2 is 2.22 bits per heavy atom. The van der Waals surface area contributed by atoms with Crippen LogP contribution in [0.5, 0.6) is 0 Å². The zero-order valence-electron chi connectivity index (χ0n) is 10.2. The number of ether oxygens (including phenoxy) is 3. The average Bonchev–Trinajstić information content (AvgIpc) is 2.85. The summed E-state index contributed by atoms with van der Waals surface area (Å²) in [6, 6.07) is 9.02. The molecule has 1 aromatic carbocycles. The minimum atomic E-state index is -0.614. The van der Waals surface area contributed by atoms with Gasteiger partial charge in [0.05, 0.1) is 6.61 Å². The van der Waals surface area contributed by atoms with E-state index in [2.05, 4.69) is 0 Å². The summed E-state index contributed by atoms with van der Waals surface area (Å²) in [5.41, 5.74) is 6.35. The van der Waals surface area contributed by atoms with Gasteiger partial charge in [0.1, 0.15) is 18.8 Å². The summed E-state index contributed by atoms with van der Waals surface area (Å²) in [5.74, 6) is -0.429. The molecule has 1 aliphatic heterocycles. The highest BCUT2D eigenvalue weighted by molar-refractivity contribution is 5.74. The maximum atomic E-state index is 11.2. The smallest absolute Gasteiger partial charge is 0.322 e. The van der Waals surface area contributed by atoms with Crippen molar-refractivity contribution in [1.29, 1.82) is 0 Å². The van der Waals surface area contributed by atoms with Crippen molar-refractivity contribution in [2.24, 2.45) is 5.73 Å². The molecule has 5 nitrogen and oxygen atoms in total. The van der Waals surface area contributed by atoms with E-state index in [1.807, 2.05) is 30.3 Å². The number of hydrogen-bond donors (Lipinski definition) is 1. The SMILES string of the molecule is C[C@H](N)C(=O)OC[C@@H]1CO[C@@H](c2ccccc2)O1. The number of carbonyl (C=O) groups is 1. The van der Waals surface area contributed by atoms with Crippen molar-refractivity contribution in [3.05, 3.63) is 35.9 Å². The van der Waals surface area contributed by atoms with Crippen LogP contribution in [-0.4, -0.2) is 31.3 Å². The van der Waals surface area contributed by atoms with Gasteiger partial charge in [0, 0.05) is 5.56 Å². The Balaban J connectivity index is 1.80. The number of hydrogen-bond acceptors (Lipinski definition) is 5. The van der Waals surface area contributed by atoms with E-state index < -0.39 is 12.0 Å². The third-order valence-corrected chi connectivity index (χ3v) is 2.60. The first-order valence-corrected chi connectivity index (χ1v) is 5.91. The van der Waals surface area contributed by atoms with Gasteiger partial charge in [-0.1, -0.05) is 30.3 Å². The molecule has 3 atom stereocenters. The molecule has 0 radical (unpaired) electrons. The Morgan fingerprint density at radius 3 is 2.89 bits per heavy atom. The summed E-state index contributed by atoms with van der Waals surface area (Å²) < 4.78 is 16.1. The minimum absolute atomic E-state index is 0.170. The molecule has 0 unspecified atom stereocenters. The molecule has 98 valence electrons. The monoisotopic (exact) mass is 251 g/mol. The Hall–Kier alpha value is -1.43. The molecule has 2 rings (SSSR count). The second-order valence-electron chi connectivity index (χ2n) is 4.25. The van der Waals surface area contributed by atoms with Crippen LogP contribution in [0.1, 0.15) is 18.8 Å². The van der Waals surface area contributed by atoms with Gasteiger partial charge in [-0.15, -0.1) is 0 Å². The zero-order chi connectivity index (χ0) is 13.0. The Morgan fingerprint density at radius 1 is 1.50 bits per heavy atom. The Kier molecular flexibility index (Phi) is 4.30. The fourth-order valence-electron chi connectivity index (χ4n) is 1.63. The van der Waals surface area contributed by atoms with E-state index in [0.29, 0.717) is 6.61 Å². The topological polar surface area (TPSA) is 70.8 Å². The molecule has 0 bridgehead atoms. The first-order valence-electron chi connectivity index (χ1n) is 5.91. The van der Waals surface area contributed by atoms with Gasteiger partial charge in [0.15, 0.2) is 6.29 Å². The molecular weight excluding hydrogens is 234 g/mol. The highest BCUT2D eigenvalue weighted by Gasteiger charge is 2.28. The second-order valence-corrected chi connectivity index (χ2v) is 4.25. The van der Waals surface area contributed by atoms with Crippen LogP contribution in [0.3, 0.4) is 0 Å². The normalized spacial score (nSPS) is 24.8. The molecule has 5 heteroatoms. The molecular formula is C13H17NO4. The molecule has 1 aromatic rings. The van der Waals surface area contributed by atoms with E-state index in [0.717, 1.165) is 5.56 Å². The number of rotatable bonds is 4. The van der Waals surface area contributed by atoms with Crippen LogP contribution in [0.15, 0.2) is 30.3 Å². The van der Waals surface area contributed by atoms with Crippen LogP contribution in [0.4, 0.5) is 0 Å². The van der Waals surface area contributed by atoms with Crippen LogP contribution in [-0.2, 0) is 19.0 Å². The van der Waals surface area contributed by atoms with Crippen LogP contribution >= 0.6 is 0 Å². The predicted octanol–water partition coefficient (Wildman–Crippen LogP) is 0.991. The second kappa shape index (κ2) is 5.95. The highest BCUT2D eigenvalue weighted by Crippen LogP contribution is 2.26. The maximum Gasteiger partial charge on any atom is 0.322 e. The number of benzene rings is 1. The van der Waals surface area contributed by atoms with E-state index in [-0.39, 0.29) is 19.0 Å². The molecule has 0 spiro atoms. The van der Waals surface area contributed by atoms with Crippen molar-refractivity contribution in [2.45, 2.75) is 25.4 Å². The fraction of sp³-hybridized carbons (Fsp3) is 0.462. The van der Waals surface area contributed by atoms with Crippen molar-refractivity contribution in [1.82, 2.24) is 0 Å². The van der Waals surface area contributed by atoms with Crippen LogP contribution < -0.4 is 5.73 Å². The standard InChI is InChI=1S/C13H17NO4/c1-9(14)12(15)16-7-11-8-17-13(18-11)10-5-3-2-4-6-10/h2-6,9,11,13H,7-8,14H2,1H3/t9-,11+,13+/m0/s1. The fourth-order valence-corrected chi connectivity index (χ4v) is 1.63. The van der Waals surface area contributed by atoms with Crippen molar-refractivity contribution in [2.75, 3.05) is 13.2 Å². The molecule has 0 amide bonds. The molecule has 1 heterocycles. The Bertz CT molecular complexity index is 393. The van der Waals surface area contributed by atoms with Crippen molar-refractivity contribution in [3.8, 4) is 0 Å². The third-order valence-electron chi connectivity index (χ3n) is 2.60. The molecule has 18 heavy (non-hydrogen) atoms. The van der Waals surface area contributed by atoms with Gasteiger partial charge in [-0.05, 0) is 6.92 Å². The molecule has 1 aliphatic rings. The summed E-state index contributed by atoms with van der Waals surface area (Å²) in [4.78, 5) is 11.2. The zero-order valence-corrected chi connectivity index (χ0v) is 10.2. The van der Waals surface area contributed by atoms with Crippen LogP contribution in [0.2, 0.25) is 0 Å². The van der Waals surface area contributed by atoms with E-state index in [9.17, 15) is 4.79 Å². The molecule has 1 fully saturated rings. The number of esters is 1. The van der Waals surface area contributed by atoms with Gasteiger partial charge in [-0.2, -0.15) is 0 Å².